The fraction of sp³-hybridized carbons (Fsp3) is 0.417. The van der Waals surface area contributed by atoms with Gasteiger partial charge in [0.15, 0.2) is 0 Å². The van der Waals surface area contributed by atoms with Crippen molar-refractivity contribution in [3.63, 3.8) is 0 Å². The summed E-state index contributed by atoms with van der Waals surface area (Å²) < 4.78 is 17.8. The molecule has 4 rings (SSSR count). The van der Waals surface area contributed by atoms with E-state index in [1.165, 1.54) is 16.7 Å². The van der Waals surface area contributed by atoms with E-state index in [-0.39, 0.29) is 18.0 Å². The zero-order valence-corrected chi connectivity index (χ0v) is 28.5. The van der Waals surface area contributed by atoms with Gasteiger partial charge in [0.1, 0.15) is 0 Å². The Balaban J connectivity index is 1.14. The number of benzene rings is 3. The molecule has 0 aliphatic rings. The van der Waals surface area contributed by atoms with Crippen LogP contribution in [0, 0.1) is 0 Å². The number of nitrogens with zero attached hydrogens (tertiary/aromatic N) is 3. The number of unbranched alkanes of at least 4 members (excludes halogenated alkanes) is 3. The largest absolute Gasteiger partial charge is 0.463 e. The van der Waals surface area contributed by atoms with E-state index in [9.17, 15) is 0 Å². The van der Waals surface area contributed by atoms with Gasteiger partial charge in [-0.3, -0.25) is 0 Å². The Morgan fingerprint density at radius 3 is 0.956 bits per heavy atom. The van der Waals surface area contributed by atoms with Crippen LogP contribution in [0.5, 0.6) is 18.0 Å². The van der Waals surface area contributed by atoms with E-state index in [1.807, 2.05) is 35.3 Å². The van der Waals surface area contributed by atoms with Crippen LogP contribution in [-0.2, 0) is 17.3 Å². The summed E-state index contributed by atoms with van der Waals surface area (Å²) in [4.78, 5) is 13.3. The average Bonchev–Trinajstić information content (AvgIpc) is 3.08. The molecule has 4 aromatic rings. The summed E-state index contributed by atoms with van der Waals surface area (Å²) in [6.07, 6.45) is 6.00. The monoisotopic (exact) mass is 663 g/mol. The number of hydrogen-bond donors (Lipinski definition) is 0. The molecule has 0 amide bonds. The van der Waals surface area contributed by atoms with Gasteiger partial charge < -0.3 is 14.2 Å². The maximum absolute atomic E-state index is 5.92. The van der Waals surface area contributed by atoms with Crippen LogP contribution in [0.25, 0.3) is 0 Å². The topological polar surface area (TPSA) is 66.4 Å². The molecule has 0 saturated carbocycles. The highest BCUT2D eigenvalue weighted by molar-refractivity contribution is 7.98. The Hall–Kier alpha value is -2.88. The Morgan fingerprint density at radius 1 is 0.378 bits per heavy atom. The first-order valence-corrected chi connectivity index (χ1v) is 19.3. The molecule has 0 bridgehead atoms. The highest BCUT2D eigenvalue weighted by Crippen LogP contribution is 2.19. The van der Waals surface area contributed by atoms with E-state index < -0.39 is 0 Å². The second kappa shape index (κ2) is 22.6. The van der Waals surface area contributed by atoms with Crippen molar-refractivity contribution in [1.82, 2.24) is 15.0 Å². The van der Waals surface area contributed by atoms with Gasteiger partial charge in [0.25, 0.3) is 0 Å². The second-order valence-corrected chi connectivity index (χ2v) is 13.8. The first kappa shape index (κ1) is 35.0. The summed E-state index contributed by atoms with van der Waals surface area (Å²) >= 11 is 5.84. The van der Waals surface area contributed by atoms with Crippen LogP contribution in [0.4, 0.5) is 0 Å². The van der Waals surface area contributed by atoms with Crippen molar-refractivity contribution in [3.8, 4) is 18.0 Å². The van der Waals surface area contributed by atoms with Crippen LogP contribution in [0.3, 0.4) is 0 Å². The lowest BCUT2D eigenvalue weighted by molar-refractivity contribution is 0.230. The smallest absolute Gasteiger partial charge is 0.325 e. The van der Waals surface area contributed by atoms with Crippen LogP contribution in [0.2, 0.25) is 0 Å². The normalized spacial score (nSPS) is 10.9. The lowest BCUT2D eigenvalue weighted by Gasteiger charge is -2.10. The Bertz CT molecular complexity index is 1130. The van der Waals surface area contributed by atoms with Crippen molar-refractivity contribution in [3.05, 3.63) is 108 Å². The lowest BCUT2D eigenvalue weighted by Crippen LogP contribution is -2.09. The Kier molecular flexibility index (Phi) is 17.6. The maximum atomic E-state index is 5.92. The van der Waals surface area contributed by atoms with Gasteiger partial charge in [0.2, 0.25) is 0 Å². The third-order valence-electron chi connectivity index (χ3n) is 6.65. The van der Waals surface area contributed by atoms with Gasteiger partial charge in [0.05, 0.1) is 19.8 Å². The van der Waals surface area contributed by atoms with Gasteiger partial charge in [-0.15, -0.1) is 15.0 Å². The number of aromatic nitrogens is 3. The highest BCUT2D eigenvalue weighted by Gasteiger charge is 2.11. The molecule has 1 aromatic heterocycles. The molecule has 0 aliphatic carbocycles. The van der Waals surface area contributed by atoms with E-state index in [0.29, 0.717) is 19.8 Å². The van der Waals surface area contributed by atoms with Crippen molar-refractivity contribution >= 4 is 35.3 Å². The van der Waals surface area contributed by atoms with Crippen LogP contribution in [0.1, 0.15) is 55.2 Å². The molecule has 0 atom stereocenters. The molecule has 0 unspecified atom stereocenters. The van der Waals surface area contributed by atoms with Gasteiger partial charge in [-0.05, 0) is 72.5 Å². The third kappa shape index (κ3) is 15.8. The van der Waals surface area contributed by atoms with Gasteiger partial charge in [-0.25, -0.2) is 0 Å². The standard InChI is InChI=1S/C36H45N3O3S3/c1-4-16-31(17-5-1)28-43-25-13-10-22-40-34-37-35(41-23-11-14-26-44-29-32-18-6-2-7-19-32)39-36(38-34)42-24-12-15-27-45-30-33-20-8-3-9-21-33/h1-9,16-21H,10-15,22-30H2. The zero-order valence-electron chi connectivity index (χ0n) is 26.1. The summed E-state index contributed by atoms with van der Waals surface area (Å²) in [5.41, 5.74) is 4.09. The zero-order chi connectivity index (χ0) is 31.0. The molecule has 0 fully saturated rings. The SMILES string of the molecule is c1ccc(CSCCCCOc2nc(OCCCCSCc3ccccc3)nc(OCCCCSCc3ccccc3)n2)cc1. The summed E-state index contributed by atoms with van der Waals surface area (Å²) in [6.45, 7) is 1.64. The van der Waals surface area contributed by atoms with Crippen LogP contribution in [-0.4, -0.2) is 52.0 Å². The fourth-order valence-electron chi connectivity index (χ4n) is 4.22. The molecule has 0 spiro atoms. The number of ether oxygens (including phenoxy) is 3. The lowest BCUT2D eigenvalue weighted by atomic mass is 10.2. The quantitative estimate of drug-likeness (QED) is 0.0683. The van der Waals surface area contributed by atoms with Crippen LogP contribution >= 0.6 is 35.3 Å². The van der Waals surface area contributed by atoms with Crippen molar-refractivity contribution in [2.45, 2.75) is 55.8 Å². The predicted octanol–water partition coefficient (Wildman–Crippen LogP) is 9.15. The molecular weight excluding hydrogens is 619 g/mol. The fourth-order valence-corrected chi connectivity index (χ4v) is 7.16. The molecule has 6 nitrogen and oxygen atoms in total. The predicted molar refractivity (Wildman–Crippen MR) is 192 cm³/mol. The molecule has 240 valence electrons. The minimum atomic E-state index is 0.267. The van der Waals surface area contributed by atoms with Gasteiger partial charge in [0, 0.05) is 17.3 Å². The molecule has 0 radical (unpaired) electrons. The summed E-state index contributed by atoms with van der Waals surface area (Å²) in [5.74, 6) is 6.37. The Labute approximate surface area is 281 Å². The average molecular weight is 664 g/mol. The molecule has 0 aliphatic heterocycles. The van der Waals surface area contributed by atoms with Crippen molar-refractivity contribution in [1.29, 1.82) is 0 Å². The first-order valence-electron chi connectivity index (χ1n) is 15.8. The van der Waals surface area contributed by atoms with Gasteiger partial charge in [-0.1, -0.05) is 91.0 Å². The minimum absolute atomic E-state index is 0.267. The van der Waals surface area contributed by atoms with Gasteiger partial charge in [-0.2, -0.15) is 35.3 Å². The minimum Gasteiger partial charge on any atom is -0.463 e. The van der Waals surface area contributed by atoms with Crippen molar-refractivity contribution in [2.24, 2.45) is 0 Å². The first-order chi connectivity index (χ1) is 22.3. The molecule has 0 saturated heterocycles. The molecule has 1 heterocycles. The molecule has 9 heteroatoms. The van der Waals surface area contributed by atoms with Crippen LogP contribution < -0.4 is 14.2 Å². The molecule has 45 heavy (non-hydrogen) atoms. The molecule has 3 aromatic carbocycles. The molecular formula is C36H45N3O3S3. The van der Waals surface area contributed by atoms with E-state index in [0.717, 1.165) is 73.0 Å². The second-order valence-electron chi connectivity index (χ2n) is 10.5. The van der Waals surface area contributed by atoms with Gasteiger partial charge >= 0.3 is 18.0 Å². The van der Waals surface area contributed by atoms with Crippen LogP contribution in [0.15, 0.2) is 91.0 Å². The summed E-state index contributed by atoms with van der Waals surface area (Å²) in [6, 6.07) is 32.5. The Morgan fingerprint density at radius 2 is 0.667 bits per heavy atom. The van der Waals surface area contributed by atoms with E-state index in [2.05, 4.69) is 106 Å². The van der Waals surface area contributed by atoms with E-state index >= 15 is 0 Å². The highest BCUT2D eigenvalue weighted by atomic mass is 32.2. The van der Waals surface area contributed by atoms with E-state index in [1.54, 1.807) is 0 Å². The summed E-state index contributed by atoms with van der Waals surface area (Å²) in [7, 11) is 0. The number of rotatable bonds is 24. The maximum Gasteiger partial charge on any atom is 0.325 e. The third-order valence-corrected chi connectivity index (χ3v) is 10.00. The number of hydrogen-bond acceptors (Lipinski definition) is 9. The van der Waals surface area contributed by atoms with Crippen molar-refractivity contribution in [2.75, 3.05) is 37.1 Å². The van der Waals surface area contributed by atoms with Crippen molar-refractivity contribution < 1.29 is 14.2 Å². The molecule has 0 N–H and O–H groups in total. The van der Waals surface area contributed by atoms with E-state index in [4.69, 9.17) is 14.2 Å². The summed E-state index contributed by atoms with van der Waals surface area (Å²) in [5, 5.41) is 0. The number of thioether (sulfide) groups is 3.